The standard InChI is InChI=1S/C17H20N4O/c1-19-7-4-5-15(19)16-13-22-10-9-20(16)11-14-12-21-8-3-2-6-17(21)18-14/h2-8,12,16H,9-11,13H2,1H3/t16-/m0/s1. The fourth-order valence-corrected chi connectivity index (χ4v) is 3.19. The topological polar surface area (TPSA) is 34.7 Å². The maximum atomic E-state index is 5.71. The maximum Gasteiger partial charge on any atom is 0.137 e. The summed E-state index contributed by atoms with van der Waals surface area (Å²) in [6, 6.07) is 10.6. The number of hydrogen-bond acceptors (Lipinski definition) is 3. The Balaban J connectivity index is 1.60. The van der Waals surface area contributed by atoms with Gasteiger partial charge in [-0.05, 0) is 24.3 Å². The minimum Gasteiger partial charge on any atom is -0.378 e. The predicted octanol–water partition coefficient (Wildman–Crippen LogP) is 2.25. The van der Waals surface area contributed by atoms with Gasteiger partial charge in [-0.25, -0.2) is 4.98 Å². The molecule has 0 N–H and O–H groups in total. The number of ether oxygens (including phenoxy) is 1. The minimum absolute atomic E-state index is 0.290. The number of imidazole rings is 1. The molecule has 0 radical (unpaired) electrons. The van der Waals surface area contributed by atoms with Crippen molar-refractivity contribution >= 4 is 5.65 Å². The summed E-state index contributed by atoms with van der Waals surface area (Å²) in [6.45, 7) is 3.31. The molecule has 4 rings (SSSR count). The summed E-state index contributed by atoms with van der Waals surface area (Å²) >= 11 is 0. The number of fused-ring (bicyclic) bond motifs is 1. The van der Waals surface area contributed by atoms with Gasteiger partial charge in [-0.1, -0.05) is 6.07 Å². The van der Waals surface area contributed by atoms with E-state index in [1.807, 2.05) is 24.4 Å². The first-order valence-electron chi connectivity index (χ1n) is 7.67. The third kappa shape index (κ3) is 2.42. The molecule has 1 aliphatic heterocycles. The molecule has 1 fully saturated rings. The Labute approximate surface area is 129 Å². The van der Waals surface area contributed by atoms with Crippen LogP contribution in [0.3, 0.4) is 0 Å². The average molecular weight is 296 g/mol. The van der Waals surface area contributed by atoms with Crippen LogP contribution in [0.2, 0.25) is 0 Å². The fourth-order valence-electron chi connectivity index (χ4n) is 3.19. The quantitative estimate of drug-likeness (QED) is 0.743. The second-order valence-corrected chi connectivity index (χ2v) is 5.80. The lowest BCUT2D eigenvalue weighted by atomic mass is 10.1. The first kappa shape index (κ1) is 13.5. The largest absolute Gasteiger partial charge is 0.378 e. The Hall–Kier alpha value is -2.11. The lowest BCUT2D eigenvalue weighted by Crippen LogP contribution is -2.39. The molecule has 5 nitrogen and oxygen atoms in total. The van der Waals surface area contributed by atoms with E-state index in [1.54, 1.807) is 0 Å². The first-order valence-corrected chi connectivity index (χ1v) is 7.67. The van der Waals surface area contributed by atoms with Crippen LogP contribution in [0, 0.1) is 0 Å². The fraction of sp³-hybridized carbons (Fsp3) is 0.353. The monoisotopic (exact) mass is 296 g/mol. The molecule has 1 atom stereocenters. The Morgan fingerprint density at radius 2 is 2.18 bits per heavy atom. The molecule has 3 aromatic rings. The molecule has 1 saturated heterocycles. The van der Waals surface area contributed by atoms with Gasteiger partial charge in [-0.2, -0.15) is 0 Å². The van der Waals surface area contributed by atoms with E-state index in [9.17, 15) is 0 Å². The normalized spacial score (nSPS) is 19.8. The van der Waals surface area contributed by atoms with Crippen LogP contribution in [-0.4, -0.2) is 38.6 Å². The Morgan fingerprint density at radius 1 is 1.23 bits per heavy atom. The van der Waals surface area contributed by atoms with Crippen LogP contribution in [0.4, 0.5) is 0 Å². The second-order valence-electron chi connectivity index (χ2n) is 5.80. The molecule has 5 heteroatoms. The van der Waals surface area contributed by atoms with E-state index >= 15 is 0 Å². The number of aryl methyl sites for hydroxylation is 1. The van der Waals surface area contributed by atoms with E-state index in [1.165, 1.54) is 5.69 Å². The van der Waals surface area contributed by atoms with Crippen LogP contribution in [0.1, 0.15) is 17.4 Å². The predicted molar refractivity (Wildman–Crippen MR) is 84.6 cm³/mol. The van der Waals surface area contributed by atoms with Crippen LogP contribution < -0.4 is 0 Å². The lowest BCUT2D eigenvalue weighted by molar-refractivity contribution is -0.0156. The van der Waals surface area contributed by atoms with Crippen molar-refractivity contribution in [3.05, 3.63) is 60.3 Å². The molecule has 1 aliphatic rings. The molecule has 0 bridgehead atoms. The summed E-state index contributed by atoms with van der Waals surface area (Å²) in [6.07, 6.45) is 6.25. The van der Waals surface area contributed by atoms with E-state index in [4.69, 9.17) is 9.72 Å². The van der Waals surface area contributed by atoms with Crippen molar-refractivity contribution in [3.63, 3.8) is 0 Å². The molecular formula is C17H20N4O. The van der Waals surface area contributed by atoms with Crippen molar-refractivity contribution in [2.24, 2.45) is 7.05 Å². The van der Waals surface area contributed by atoms with Gasteiger partial charge in [0.2, 0.25) is 0 Å². The van der Waals surface area contributed by atoms with Crippen LogP contribution in [0.15, 0.2) is 48.9 Å². The molecule has 0 aliphatic carbocycles. The number of aromatic nitrogens is 3. The van der Waals surface area contributed by atoms with E-state index in [-0.39, 0.29) is 0 Å². The second kappa shape index (κ2) is 5.59. The van der Waals surface area contributed by atoms with Gasteiger partial charge in [0.1, 0.15) is 5.65 Å². The molecule has 3 aromatic heterocycles. The highest BCUT2D eigenvalue weighted by molar-refractivity contribution is 5.39. The van der Waals surface area contributed by atoms with E-state index in [2.05, 4.69) is 45.4 Å². The summed E-state index contributed by atoms with van der Waals surface area (Å²) < 4.78 is 9.96. The highest BCUT2D eigenvalue weighted by atomic mass is 16.5. The van der Waals surface area contributed by atoms with Crippen molar-refractivity contribution in [3.8, 4) is 0 Å². The number of hydrogen-bond donors (Lipinski definition) is 0. The van der Waals surface area contributed by atoms with E-state index in [0.717, 1.165) is 37.6 Å². The van der Waals surface area contributed by atoms with Crippen molar-refractivity contribution in [1.82, 2.24) is 18.9 Å². The summed E-state index contributed by atoms with van der Waals surface area (Å²) in [7, 11) is 2.09. The molecular weight excluding hydrogens is 276 g/mol. The zero-order chi connectivity index (χ0) is 14.9. The van der Waals surface area contributed by atoms with Gasteiger partial charge in [-0.3, -0.25) is 4.90 Å². The lowest BCUT2D eigenvalue weighted by Gasteiger charge is -2.35. The Kier molecular flexibility index (Phi) is 3.44. The molecule has 0 aromatic carbocycles. The summed E-state index contributed by atoms with van der Waals surface area (Å²) in [5.74, 6) is 0. The van der Waals surface area contributed by atoms with Crippen LogP contribution in [0.25, 0.3) is 5.65 Å². The average Bonchev–Trinajstić information content (AvgIpc) is 3.13. The number of pyridine rings is 1. The highest BCUT2D eigenvalue weighted by Crippen LogP contribution is 2.25. The summed E-state index contributed by atoms with van der Waals surface area (Å²) in [5.41, 5.74) is 3.40. The van der Waals surface area contributed by atoms with Gasteiger partial charge in [-0.15, -0.1) is 0 Å². The molecule has 4 heterocycles. The molecule has 114 valence electrons. The highest BCUT2D eigenvalue weighted by Gasteiger charge is 2.26. The first-order chi connectivity index (χ1) is 10.8. The zero-order valence-electron chi connectivity index (χ0n) is 12.7. The molecule has 0 unspecified atom stereocenters. The van der Waals surface area contributed by atoms with Crippen molar-refractivity contribution < 1.29 is 4.74 Å². The number of rotatable bonds is 3. The van der Waals surface area contributed by atoms with Gasteiger partial charge in [0.05, 0.1) is 24.9 Å². The van der Waals surface area contributed by atoms with Gasteiger partial charge in [0.15, 0.2) is 0 Å². The summed E-state index contributed by atoms with van der Waals surface area (Å²) in [4.78, 5) is 7.18. The summed E-state index contributed by atoms with van der Waals surface area (Å²) in [5, 5.41) is 0. The third-order valence-corrected chi connectivity index (χ3v) is 4.34. The van der Waals surface area contributed by atoms with Crippen LogP contribution in [-0.2, 0) is 18.3 Å². The van der Waals surface area contributed by atoms with Gasteiger partial charge in [0, 0.05) is 44.4 Å². The SMILES string of the molecule is Cn1cccc1[C@@H]1COCCN1Cc1cn2ccccc2n1. The number of morpholine rings is 1. The third-order valence-electron chi connectivity index (χ3n) is 4.34. The maximum absolute atomic E-state index is 5.71. The molecule has 0 amide bonds. The molecule has 22 heavy (non-hydrogen) atoms. The van der Waals surface area contributed by atoms with Crippen molar-refractivity contribution in [2.45, 2.75) is 12.6 Å². The van der Waals surface area contributed by atoms with Gasteiger partial charge in [0.25, 0.3) is 0 Å². The zero-order valence-corrected chi connectivity index (χ0v) is 12.7. The Morgan fingerprint density at radius 3 is 3.00 bits per heavy atom. The minimum atomic E-state index is 0.290. The number of nitrogens with zero attached hydrogens (tertiary/aromatic N) is 4. The molecule has 0 saturated carbocycles. The van der Waals surface area contributed by atoms with E-state index < -0.39 is 0 Å². The van der Waals surface area contributed by atoms with Gasteiger partial charge >= 0.3 is 0 Å². The van der Waals surface area contributed by atoms with Crippen LogP contribution in [0.5, 0.6) is 0 Å². The smallest absolute Gasteiger partial charge is 0.137 e. The molecule has 0 spiro atoms. The van der Waals surface area contributed by atoms with Crippen LogP contribution >= 0.6 is 0 Å². The van der Waals surface area contributed by atoms with E-state index in [0.29, 0.717) is 6.04 Å². The Bertz CT molecular complexity index is 743. The van der Waals surface area contributed by atoms with Gasteiger partial charge < -0.3 is 13.7 Å². The van der Waals surface area contributed by atoms with Crippen molar-refractivity contribution in [1.29, 1.82) is 0 Å². The van der Waals surface area contributed by atoms with Crippen molar-refractivity contribution in [2.75, 3.05) is 19.8 Å².